The van der Waals surface area contributed by atoms with E-state index in [2.05, 4.69) is 36.6 Å². The molecular formula is C26H21BrCl2N6O7S. The number of carbonyl (C=O) groups is 2. The van der Waals surface area contributed by atoms with Crippen LogP contribution in [0.2, 0.25) is 10.0 Å². The highest BCUT2D eigenvalue weighted by atomic mass is 79.9. The molecule has 1 fully saturated rings. The first-order valence-electron chi connectivity index (χ1n) is 12.7. The number of rotatable bonds is 9. The summed E-state index contributed by atoms with van der Waals surface area (Å²) in [5.41, 5.74) is -0.213. The van der Waals surface area contributed by atoms with Crippen molar-refractivity contribution < 1.29 is 27.1 Å². The van der Waals surface area contributed by atoms with Crippen LogP contribution < -0.4 is 15.6 Å². The van der Waals surface area contributed by atoms with Gasteiger partial charge in [-0.05, 0) is 65.0 Å². The Bertz CT molecular complexity index is 1770. The van der Waals surface area contributed by atoms with E-state index in [4.69, 9.17) is 27.4 Å². The number of hydrogen-bond acceptors (Lipinski definition) is 10. The molecule has 224 valence electrons. The Hall–Kier alpha value is -3.79. The van der Waals surface area contributed by atoms with E-state index >= 15 is 0 Å². The van der Waals surface area contributed by atoms with Gasteiger partial charge >= 0.3 is 10.1 Å². The number of pyridine rings is 1. The van der Waals surface area contributed by atoms with Crippen LogP contribution in [-0.2, 0) is 19.1 Å². The third-order valence-corrected chi connectivity index (χ3v) is 8.84. The van der Waals surface area contributed by atoms with Crippen molar-refractivity contribution in [1.82, 2.24) is 10.3 Å². The summed E-state index contributed by atoms with van der Waals surface area (Å²) in [6, 6.07) is 9.06. The quantitative estimate of drug-likeness (QED) is 0.173. The smallest absolute Gasteiger partial charge is 0.340 e. The van der Waals surface area contributed by atoms with Crippen LogP contribution in [-0.4, -0.2) is 48.6 Å². The van der Waals surface area contributed by atoms with Crippen LogP contribution in [0.4, 0.5) is 17.2 Å². The molecule has 1 aliphatic heterocycles. The molecule has 2 N–H and O–H groups in total. The van der Waals surface area contributed by atoms with Crippen LogP contribution >= 0.6 is 39.1 Å². The van der Waals surface area contributed by atoms with Gasteiger partial charge in [0.05, 0.1) is 27.6 Å². The zero-order valence-corrected chi connectivity index (χ0v) is 25.8. The third-order valence-electron chi connectivity index (χ3n) is 6.46. The second-order valence-electron chi connectivity index (χ2n) is 9.61. The molecule has 1 saturated carbocycles. The summed E-state index contributed by atoms with van der Waals surface area (Å²) in [5, 5.41) is 22.3. The molecule has 1 aromatic heterocycles. The highest BCUT2D eigenvalue weighted by Gasteiger charge is 2.39. The van der Waals surface area contributed by atoms with Crippen molar-refractivity contribution in [2.75, 3.05) is 16.9 Å². The highest BCUT2D eigenvalue weighted by Crippen LogP contribution is 2.35. The Morgan fingerprint density at radius 3 is 2.63 bits per heavy atom. The molecule has 3 aromatic rings. The SMILES string of the molecule is O=C(NCC1CC1)c1cc(Cl)cc(Br)c1NC(=O)C1CC(OS(=O)(=O)c2cccc([N+](=O)[O-])c2)=NN1c1ncccc1Cl. The maximum atomic E-state index is 13.7. The Kier molecular flexibility index (Phi) is 8.87. The fourth-order valence-electron chi connectivity index (χ4n) is 4.15. The number of aromatic nitrogens is 1. The van der Waals surface area contributed by atoms with Gasteiger partial charge in [0.15, 0.2) is 5.82 Å². The predicted molar refractivity (Wildman–Crippen MR) is 162 cm³/mol. The van der Waals surface area contributed by atoms with Gasteiger partial charge in [0.2, 0.25) is 11.8 Å². The van der Waals surface area contributed by atoms with Gasteiger partial charge < -0.3 is 14.8 Å². The van der Waals surface area contributed by atoms with E-state index < -0.39 is 49.4 Å². The lowest BCUT2D eigenvalue weighted by Gasteiger charge is -2.23. The summed E-state index contributed by atoms with van der Waals surface area (Å²) < 4.78 is 31.6. The molecule has 0 radical (unpaired) electrons. The van der Waals surface area contributed by atoms with Crippen molar-refractivity contribution in [3.63, 3.8) is 0 Å². The minimum absolute atomic E-state index is 0.0354. The monoisotopic (exact) mass is 710 g/mol. The lowest BCUT2D eigenvalue weighted by Crippen LogP contribution is -2.39. The highest BCUT2D eigenvalue weighted by molar-refractivity contribution is 9.10. The van der Waals surface area contributed by atoms with Crippen LogP contribution in [0.25, 0.3) is 0 Å². The molecular weight excluding hydrogens is 691 g/mol. The van der Waals surface area contributed by atoms with Gasteiger partial charge in [-0.15, -0.1) is 5.10 Å². The minimum atomic E-state index is -4.58. The maximum Gasteiger partial charge on any atom is 0.340 e. The van der Waals surface area contributed by atoms with E-state index in [0.717, 1.165) is 36.0 Å². The van der Waals surface area contributed by atoms with Gasteiger partial charge in [0.25, 0.3) is 11.6 Å². The van der Waals surface area contributed by atoms with Gasteiger partial charge in [-0.1, -0.05) is 29.3 Å². The molecule has 0 saturated heterocycles. The standard InChI is InChI=1S/C26H21BrCl2N6O7S/c27-19-10-15(28)9-18(25(36)31-13-14-6-7-14)23(19)32-26(37)21-12-22(33-34(21)24-20(29)5-2-8-30-24)42-43(40,41)17-4-1-3-16(11-17)35(38)39/h1-5,8-11,14,21H,6-7,12-13H2,(H,31,36)(H,32,37). The fourth-order valence-corrected chi connectivity index (χ4v) is 6.22. The Labute approximate surface area is 263 Å². The third kappa shape index (κ3) is 7.06. The summed E-state index contributed by atoms with van der Waals surface area (Å²) >= 11 is 15.9. The molecule has 5 rings (SSSR count). The molecule has 0 spiro atoms. The lowest BCUT2D eigenvalue weighted by atomic mass is 10.1. The van der Waals surface area contributed by atoms with Gasteiger partial charge in [0.1, 0.15) is 10.9 Å². The maximum absolute atomic E-state index is 13.7. The molecule has 43 heavy (non-hydrogen) atoms. The van der Waals surface area contributed by atoms with E-state index in [9.17, 15) is 28.1 Å². The first-order chi connectivity index (χ1) is 20.4. The van der Waals surface area contributed by atoms with Crippen LogP contribution in [0.1, 0.15) is 29.6 Å². The zero-order valence-electron chi connectivity index (χ0n) is 21.9. The number of anilines is 2. The van der Waals surface area contributed by atoms with E-state index in [1.54, 1.807) is 6.07 Å². The predicted octanol–water partition coefficient (Wildman–Crippen LogP) is 5.14. The summed E-state index contributed by atoms with van der Waals surface area (Å²) in [5.74, 6) is -1.09. The minimum Gasteiger partial charge on any atom is -0.361 e. The summed E-state index contributed by atoms with van der Waals surface area (Å²) in [7, 11) is -4.58. The van der Waals surface area contributed by atoms with Crippen LogP contribution in [0.3, 0.4) is 0 Å². The number of nitrogens with zero attached hydrogens (tertiary/aromatic N) is 4. The number of amides is 2. The van der Waals surface area contributed by atoms with Crippen LogP contribution in [0, 0.1) is 16.0 Å². The topological polar surface area (TPSA) is 173 Å². The fraction of sp³-hybridized carbons (Fsp3) is 0.231. The summed E-state index contributed by atoms with van der Waals surface area (Å²) in [6.45, 7) is 0.485. The number of nitro groups is 1. The Balaban J connectivity index is 1.44. The van der Waals surface area contributed by atoms with Gasteiger partial charge in [-0.2, -0.15) is 8.42 Å². The number of halogens is 3. The van der Waals surface area contributed by atoms with Gasteiger partial charge in [-0.25, -0.2) is 9.99 Å². The van der Waals surface area contributed by atoms with Crippen molar-refractivity contribution >= 4 is 84.2 Å². The first-order valence-corrected chi connectivity index (χ1v) is 15.6. The van der Waals surface area contributed by atoms with Crippen LogP contribution in [0.15, 0.2) is 69.2 Å². The molecule has 2 heterocycles. The van der Waals surface area contributed by atoms with E-state index in [1.807, 2.05) is 0 Å². The molecule has 17 heteroatoms. The molecule has 2 aromatic carbocycles. The molecule has 1 atom stereocenters. The van der Waals surface area contributed by atoms with E-state index in [-0.39, 0.29) is 33.5 Å². The number of carbonyl (C=O) groups excluding carboxylic acids is 2. The molecule has 2 aliphatic rings. The van der Waals surface area contributed by atoms with E-state index in [1.165, 1.54) is 30.5 Å². The van der Waals surface area contributed by atoms with Crippen molar-refractivity contribution in [1.29, 1.82) is 0 Å². The number of hydrogen-bond donors (Lipinski definition) is 2. The average Bonchev–Trinajstić information content (AvgIpc) is 3.71. The average molecular weight is 712 g/mol. The van der Waals surface area contributed by atoms with Gasteiger partial charge in [0, 0.05) is 34.4 Å². The second-order valence-corrected chi connectivity index (χ2v) is 12.9. The normalized spacial score (nSPS) is 16.4. The largest absolute Gasteiger partial charge is 0.361 e. The molecule has 1 aliphatic carbocycles. The van der Waals surface area contributed by atoms with Gasteiger partial charge in [-0.3, -0.25) is 19.7 Å². The number of hydrazone groups is 1. The zero-order chi connectivity index (χ0) is 30.9. The molecule has 0 bridgehead atoms. The summed E-state index contributed by atoms with van der Waals surface area (Å²) in [4.78, 5) is 40.8. The number of benzene rings is 2. The molecule has 2 amide bonds. The lowest BCUT2D eigenvalue weighted by molar-refractivity contribution is -0.385. The Morgan fingerprint density at radius 2 is 1.93 bits per heavy atom. The second kappa shape index (κ2) is 12.4. The van der Waals surface area contributed by atoms with E-state index in [0.29, 0.717) is 16.9 Å². The number of nitrogens with one attached hydrogen (secondary N) is 2. The van der Waals surface area contributed by atoms with Crippen LogP contribution in [0.5, 0.6) is 0 Å². The van der Waals surface area contributed by atoms with Crippen molar-refractivity contribution in [3.05, 3.63) is 84.9 Å². The van der Waals surface area contributed by atoms with Crippen molar-refractivity contribution in [3.8, 4) is 0 Å². The Morgan fingerprint density at radius 1 is 1.16 bits per heavy atom. The number of non-ortho nitro benzene ring substituents is 1. The van der Waals surface area contributed by atoms with Crippen molar-refractivity contribution in [2.45, 2.75) is 30.2 Å². The summed E-state index contributed by atoms with van der Waals surface area (Å²) in [6.07, 6.45) is 3.10. The molecule has 13 nitrogen and oxygen atoms in total. The molecule has 1 unspecified atom stereocenters. The number of nitro benzene ring substituents is 1. The van der Waals surface area contributed by atoms with Crippen molar-refractivity contribution in [2.24, 2.45) is 11.0 Å². The first kappa shape index (κ1) is 30.7.